The van der Waals surface area contributed by atoms with Crippen LogP contribution in [0.3, 0.4) is 0 Å². The zero-order valence-corrected chi connectivity index (χ0v) is 14.5. The number of pyridine rings is 1. The van der Waals surface area contributed by atoms with Gasteiger partial charge in [-0.15, -0.1) is 0 Å². The number of Topliss-reactive ketones (excluding diaryl/α,β-unsaturated/α-hetero) is 2. The number of fused-ring (bicyclic) bond motifs is 2. The van der Waals surface area contributed by atoms with E-state index in [-0.39, 0.29) is 37.6 Å². The Morgan fingerprint density at radius 1 is 0.963 bits per heavy atom. The van der Waals surface area contributed by atoms with Crippen LogP contribution in [-0.4, -0.2) is 52.3 Å². The Bertz CT molecular complexity index is 1010. The topological polar surface area (TPSA) is 90.8 Å². The summed E-state index contributed by atoms with van der Waals surface area (Å²) in [6.07, 6.45) is -0.102. The number of aromatic nitrogens is 1. The van der Waals surface area contributed by atoms with Crippen LogP contribution in [0.5, 0.6) is 0 Å². The van der Waals surface area contributed by atoms with Crippen molar-refractivity contribution in [2.45, 2.75) is 6.42 Å². The van der Waals surface area contributed by atoms with Gasteiger partial charge in [0.15, 0.2) is 11.6 Å². The summed E-state index contributed by atoms with van der Waals surface area (Å²) in [6, 6.07) is 14.9. The predicted molar refractivity (Wildman–Crippen MR) is 100 cm³/mol. The van der Waals surface area contributed by atoms with E-state index < -0.39 is 5.97 Å². The molecule has 27 heavy (non-hydrogen) atoms. The van der Waals surface area contributed by atoms with Crippen LogP contribution in [0, 0.1) is 0 Å². The molecule has 0 spiro atoms. The van der Waals surface area contributed by atoms with Crippen LogP contribution in [0.25, 0.3) is 21.8 Å². The lowest BCUT2D eigenvalue weighted by atomic mass is 10.1. The van der Waals surface area contributed by atoms with Gasteiger partial charge in [0.1, 0.15) is 6.54 Å². The summed E-state index contributed by atoms with van der Waals surface area (Å²) in [6.45, 7) is -0.355. The van der Waals surface area contributed by atoms with Crippen molar-refractivity contribution in [1.29, 1.82) is 0 Å². The molecule has 3 aromatic rings. The first-order valence-corrected chi connectivity index (χ1v) is 8.58. The Kier molecular flexibility index (Phi) is 4.29. The third-order valence-corrected chi connectivity index (χ3v) is 4.56. The maximum atomic E-state index is 12.0. The minimum atomic E-state index is -1.05. The number of anilines is 1. The second kappa shape index (κ2) is 6.77. The number of aliphatic carboxylic acids is 1. The molecule has 2 heterocycles. The van der Waals surface area contributed by atoms with Crippen molar-refractivity contribution in [1.82, 2.24) is 9.99 Å². The molecule has 1 aromatic heterocycles. The first-order valence-electron chi connectivity index (χ1n) is 8.58. The zero-order valence-electron chi connectivity index (χ0n) is 14.5. The van der Waals surface area contributed by atoms with Gasteiger partial charge in [-0.3, -0.25) is 19.4 Å². The molecule has 1 fully saturated rings. The summed E-state index contributed by atoms with van der Waals surface area (Å²) < 4.78 is 0. The molecule has 0 amide bonds. The van der Waals surface area contributed by atoms with Crippen molar-refractivity contribution in [3.8, 4) is 0 Å². The molecule has 0 unspecified atom stereocenters. The monoisotopic (exact) mass is 363 g/mol. The Morgan fingerprint density at radius 3 is 2.00 bits per heavy atom. The van der Waals surface area contributed by atoms with Crippen LogP contribution in [0.4, 0.5) is 5.69 Å². The molecule has 7 nitrogen and oxygen atoms in total. The number of hydrogen-bond donors (Lipinski definition) is 1. The van der Waals surface area contributed by atoms with Gasteiger partial charge in [0.05, 0.1) is 36.2 Å². The highest BCUT2D eigenvalue weighted by molar-refractivity contribution is 6.09. The van der Waals surface area contributed by atoms with Crippen molar-refractivity contribution < 1.29 is 19.5 Å². The van der Waals surface area contributed by atoms with Crippen LogP contribution < -0.4 is 5.01 Å². The summed E-state index contributed by atoms with van der Waals surface area (Å²) in [5.74, 6) is -1.49. The van der Waals surface area contributed by atoms with E-state index in [1.54, 1.807) is 0 Å². The fourth-order valence-electron chi connectivity index (χ4n) is 3.51. The maximum Gasteiger partial charge on any atom is 0.324 e. The molecule has 0 aliphatic carbocycles. The lowest BCUT2D eigenvalue weighted by Gasteiger charge is -2.37. The minimum Gasteiger partial charge on any atom is -0.480 e. The van der Waals surface area contributed by atoms with Gasteiger partial charge in [-0.2, -0.15) is 0 Å². The van der Waals surface area contributed by atoms with Gasteiger partial charge in [0, 0.05) is 10.8 Å². The smallest absolute Gasteiger partial charge is 0.324 e. The predicted octanol–water partition coefficient (Wildman–Crippen LogP) is 2.04. The number of piperidine rings is 1. The number of carbonyl (C=O) groups excluding carboxylic acids is 2. The SMILES string of the molecule is O=C(O)CN(c1c2ccccc2nc2ccccc12)N1CC(=O)CC(=O)C1. The minimum absolute atomic E-state index is 0.00396. The van der Waals surface area contributed by atoms with Crippen LogP contribution in [-0.2, 0) is 14.4 Å². The van der Waals surface area contributed by atoms with E-state index in [0.717, 1.165) is 21.8 Å². The van der Waals surface area contributed by atoms with Crippen LogP contribution >= 0.6 is 0 Å². The van der Waals surface area contributed by atoms with Gasteiger partial charge in [-0.05, 0) is 12.1 Å². The van der Waals surface area contributed by atoms with Crippen LogP contribution in [0.15, 0.2) is 48.5 Å². The Hall–Kier alpha value is -3.32. The van der Waals surface area contributed by atoms with Gasteiger partial charge in [-0.25, -0.2) is 9.99 Å². The highest BCUT2D eigenvalue weighted by Crippen LogP contribution is 2.34. The van der Waals surface area contributed by atoms with Gasteiger partial charge >= 0.3 is 5.97 Å². The number of benzene rings is 2. The number of nitrogens with zero attached hydrogens (tertiary/aromatic N) is 3. The largest absolute Gasteiger partial charge is 0.480 e. The summed E-state index contributed by atoms with van der Waals surface area (Å²) in [4.78, 5) is 40.2. The van der Waals surface area contributed by atoms with E-state index in [2.05, 4.69) is 4.98 Å². The number of hydrazine groups is 1. The average molecular weight is 363 g/mol. The second-order valence-corrected chi connectivity index (χ2v) is 6.52. The Labute approximate surface area is 154 Å². The van der Waals surface area contributed by atoms with E-state index >= 15 is 0 Å². The number of rotatable bonds is 4. The Morgan fingerprint density at radius 2 is 1.48 bits per heavy atom. The number of carbonyl (C=O) groups is 3. The summed E-state index contributed by atoms with van der Waals surface area (Å²) in [7, 11) is 0. The molecule has 1 aliphatic rings. The van der Waals surface area contributed by atoms with E-state index in [1.165, 1.54) is 10.0 Å². The summed E-state index contributed by atoms with van der Waals surface area (Å²) in [5, 5.41) is 14.1. The highest BCUT2D eigenvalue weighted by Gasteiger charge is 2.30. The normalized spacial score (nSPS) is 15.4. The zero-order chi connectivity index (χ0) is 19.0. The number of carboxylic acid groups (broad SMARTS) is 1. The third kappa shape index (κ3) is 3.24. The molecule has 1 saturated heterocycles. The lowest BCUT2D eigenvalue weighted by Crippen LogP contribution is -2.53. The molecule has 0 bridgehead atoms. The lowest BCUT2D eigenvalue weighted by molar-refractivity contribution is -0.138. The molecular formula is C20H17N3O4. The van der Waals surface area contributed by atoms with Crippen molar-refractivity contribution in [2.75, 3.05) is 24.6 Å². The van der Waals surface area contributed by atoms with E-state index in [4.69, 9.17) is 0 Å². The number of hydrogen-bond acceptors (Lipinski definition) is 6. The van der Waals surface area contributed by atoms with Gasteiger partial charge < -0.3 is 5.11 Å². The molecule has 7 heteroatoms. The Balaban J connectivity index is 1.97. The quantitative estimate of drug-likeness (QED) is 0.560. The van der Waals surface area contributed by atoms with E-state index in [9.17, 15) is 19.5 Å². The van der Waals surface area contributed by atoms with E-state index in [0.29, 0.717) is 5.69 Å². The van der Waals surface area contributed by atoms with Gasteiger partial charge in [0.2, 0.25) is 0 Å². The molecule has 0 saturated carbocycles. The molecule has 136 valence electrons. The van der Waals surface area contributed by atoms with Crippen molar-refractivity contribution in [2.24, 2.45) is 0 Å². The number of ketones is 2. The highest BCUT2D eigenvalue weighted by atomic mass is 16.4. The van der Waals surface area contributed by atoms with Crippen molar-refractivity contribution in [3.63, 3.8) is 0 Å². The molecule has 2 aromatic carbocycles. The van der Waals surface area contributed by atoms with Crippen LogP contribution in [0.2, 0.25) is 0 Å². The molecular weight excluding hydrogens is 346 g/mol. The maximum absolute atomic E-state index is 12.0. The number of carboxylic acids is 1. The molecule has 0 radical (unpaired) electrons. The van der Waals surface area contributed by atoms with Crippen molar-refractivity contribution >= 4 is 45.0 Å². The third-order valence-electron chi connectivity index (χ3n) is 4.56. The van der Waals surface area contributed by atoms with Gasteiger partial charge in [0.25, 0.3) is 0 Å². The molecule has 0 atom stereocenters. The van der Waals surface area contributed by atoms with Crippen molar-refractivity contribution in [3.05, 3.63) is 48.5 Å². The average Bonchev–Trinajstić information content (AvgIpc) is 2.63. The first-order chi connectivity index (χ1) is 13.0. The molecule has 1 N–H and O–H groups in total. The summed E-state index contributed by atoms with van der Waals surface area (Å²) in [5.41, 5.74) is 2.08. The van der Waals surface area contributed by atoms with Gasteiger partial charge in [-0.1, -0.05) is 36.4 Å². The first kappa shape index (κ1) is 17.1. The molecule has 1 aliphatic heterocycles. The summed E-state index contributed by atoms with van der Waals surface area (Å²) >= 11 is 0. The fourth-order valence-corrected chi connectivity index (χ4v) is 3.51. The number of para-hydroxylation sites is 2. The fraction of sp³-hybridized carbons (Fsp3) is 0.200. The van der Waals surface area contributed by atoms with E-state index in [1.807, 2.05) is 48.5 Å². The second-order valence-electron chi connectivity index (χ2n) is 6.52. The van der Waals surface area contributed by atoms with Crippen LogP contribution in [0.1, 0.15) is 6.42 Å². The standard InChI is InChI=1S/C20H17N3O4/c24-13-9-14(25)11-22(10-13)23(12-19(26)27)20-15-5-1-3-7-17(15)21-18-8-4-2-6-16(18)20/h1-8H,9-12H2,(H,26,27). The molecule has 4 rings (SSSR count).